The molecule has 4 aromatic rings. The molecule has 216 valence electrons. The van der Waals surface area contributed by atoms with Gasteiger partial charge < -0.3 is 28.5 Å². The summed E-state index contributed by atoms with van der Waals surface area (Å²) in [7, 11) is 0. The summed E-state index contributed by atoms with van der Waals surface area (Å²) in [5, 5.41) is 18.4. The molecule has 0 bridgehead atoms. The van der Waals surface area contributed by atoms with Gasteiger partial charge in [0.2, 0.25) is 5.82 Å². The number of hydrogen-bond acceptors (Lipinski definition) is 9. The third-order valence-electron chi connectivity index (χ3n) is 7.44. The van der Waals surface area contributed by atoms with Gasteiger partial charge in [-0.15, -0.1) is 0 Å². The minimum absolute atomic E-state index is 0.0899. The Bertz CT molecular complexity index is 1450. The standard InChI is InChI=1S/C29H29F3N4O5/c1-17-38-23(39-17)14-18-6-5-13-36(15-18)16-22(37)19-9-11-21(12-10-19)27-33-28(41-35-27)25-24(29(30,31)32)26(40-34-25)20-7-3-2-4-8-20/h2-4,7-12,17-18,22-23,37H,5-6,13-16H2,1H3/t17?,18-,22?,23?/m1/s1. The quantitative estimate of drug-likeness (QED) is 0.276. The summed E-state index contributed by atoms with van der Waals surface area (Å²) in [6.45, 7) is 4.15. The van der Waals surface area contributed by atoms with Crippen LogP contribution in [-0.4, -0.2) is 57.5 Å². The van der Waals surface area contributed by atoms with E-state index in [1.165, 1.54) is 12.1 Å². The molecular formula is C29H29F3N4O5. The predicted octanol–water partition coefficient (Wildman–Crippen LogP) is 5.93. The van der Waals surface area contributed by atoms with Gasteiger partial charge in [-0.05, 0) is 37.8 Å². The topological polar surface area (TPSA) is 107 Å². The van der Waals surface area contributed by atoms with E-state index in [1.807, 2.05) is 6.92 Å². The molecule has 2 atom stereocenters. The maximum Gasteiger partial charge on any atom is 0.422 e. The predicted molar refractivity (Wildman–Crippen MR) is 140 cm³/mol. The summed E-state index contributed by atoms with van der Waals surface area (Å²) in [6.07, 6.45) is -2.72. The number of halogens is 3. The van der Waals surface area contributed by atoms with Crippen LogP contribution in [0.1, 0.15) is 43.4 Å². The number of piperidine rings is 1. The first kappa shape index (κ1) is 27.6. The molecule has 0 saturated carbocycles. The lowest BCUT2D eigenvalue weighted by Crippen LogP contribution is -2.44. The zero-order valence-electron chi connectivity index (χ0n) is 22.3. The summed E-state index contributed by atoms with van der Waals surface area (Å²) < 4.78 is 63.4. The largest absolute Gasteiger partial charge is 0.422 e. The number of β-amino-alcohol motifs (C(OH)–C–C–N with tert-alkyl or cyclic N) is 1. The van der Waals surface area contributed by atoms with Crippen LogP contribution in [0, 0.1) is 5.92 Å². The normalized spacial score (nSPS) is 22.4. The van der Waals surface area contributed by atoms with Gasteiger partial charge >= 0.3 is 6.18 Å². The van der Waals surface area contributed by atoms with Crippen LogP contribution in [0.4, 0.5) is 13.2 Å². The van der Waals surface area contributed by atoms with Crippen molar-refractivity contribution in [2.24, 2.45) is 5.92 Å². The summed E-state index contributed by atoms with van der Waals surface area (Å²) in [6, 6.07) is 14.8. The Morgan fingerprint density at radius 2 is 1.76 bits per heavy atom. The minimum atomic E-state index is -4.77. The van der Waals surface area contributed by atoms with Gasteiger partial charge in [0, 0.05) is 30.6 Å². The zero-order chi connectivity index (χ0) is 28.6. The lowest BCUT2D eigenvalue weighted by molar-refractivity contribution is -0.380. The molecule has 6 rings (SSSR count). The molecule has 2 aromatic heterocycles. The Kier molecular flexibility index (Phi) is 7.64. The van der Waals surface area contributed by atoms with E-state index in [1.54, 1.807) is 42.5 Å². The molecule has 1 N–H and O–H groups in total. The van der Waals surface area contributed by atoms with Crippen LogP contribution >= 0.6 is 0 Å². The number of alkyl halides is 3. The number of aliphatic hydroxyl groups is 1. The van der Waals surface area contributed by atoms with Crippen molar-refractivity contribution in [1.82, 2.24) is 20.2 Å². The van der Waals surface area contributed by atoms with Crippen molar-refractivity contribution in [2.45, 2.75) is 51.0 Å². The number of benzene rings is 2. The molecule has 2 aromatic carbocycles. The van der Waals surface area contributed by atoms with Crippen LogP contribution in [0.25, 0.3) is 34.3 Å². The van der Waals surface area contributed by atoms with Gasteiger partial charge in [-0.1, -0.05) is 64.9 Å². The fourth-order valence-electron chi connectivity index (χ4n) is 5.46. The van der Waals surface area contributed by atoms with Gasteiger partial charge in [0.25, 0.3) is 5.89 Å². The molecule has 0 amide bonds. The number of hydrogen-bond donors (Lipinski definition) is 1. The fourth-order valence-corrected chi connectivity index (χ4v) is 5.46. The highest BCUT2D eigenvalue weighted by atomic mass is 19.4. The number of rotatable bonds is 8. The van der Waals surface area contributed by atoms with E-state index < -0.39 is 35.2 Å². The van der Waals surface area contributed by atoms with Crippen LogP contribution in [0.2, 0.25) is 0 Å². The van der Waals surface area contributed by atoms with Crippen LogP contribution in [0.5, 0.6) is 0 Å². The van der Waals surface area contributed by atoms with Crippen molar-refractivity contribution in [2.75, 3.05) is 19.6 Å². The van der Waals surface area contributed by atoms with Crippen molar-refractivity contribution in [3.05, 3.63) is 65.7 Å². The maximum absolute atomic E-state index is 14.0. The molecule has 0 spiro atoms. The van der Waals surface area contributed by atoms with E-state index in [-0.39, 0.29) is 24.0 Å². The number of aliphatic hydroxyl groups excluding tert-OH is 1. The molecule has 0 radical (unpaired) electrons. The first-order chi connectivity index (χ1) is 19.7. The van der Waals surface area contributed by atoms with E-state index in [2.05, 4.69) is 20.2 Å². The molecule has 2 saturated heterocycles. The summed E-state index contributed by atoms with van der Waals surface area (Å²) in [4.78, 5) is 6.41. The van der Waals surface area contributed by atoms with Crippen molar-refractivity contribution in [3.63, 3.8) is 0 Å². The maximum atomic E-state index is 14.0. The third-order valence-corrected chi connectivity index (χ3v) is 7.44. The van der Waals surface area contributed by atoms with Crippen molar-refractivity contribution in [3.8, 4) is 34.3 Å². The van der Waals surface area contributed by atoms with E-state index in [0.717, 1.165) is 32.4 Å². The SMILES string of the molecule is CC1OC(C[C@H]2CCCN(CC(O)c3ccc(-c4noc(-c5noc(-c6ccccc6)c5C(F)(F)F)n4)cc3)C2)O1. The highest BCUT2D eigenvalue weighted by Crippen LogP contribution is 2.43. The number of likely N-dealkylation sites (tertiary alicyclic amines) is 1. The molecule has 41 heavy (non-hydrogen) atoms. The van der Waals surface area contributed by atoms with Gasteiger partial charge in [0.05, 0.1) is 6.10 Å². The molecule has 12 heteroatoms. The lowest BCUT2D eigenvalue weighted by Gasteiger charge is -2.39. The number of ether oxygens (including phenoxy) is 2. The third kappa shape index (κ3) is 6.05. The van der Waals surface area contributed by atoms with E-state index in [9.17, 15) is 18.3 Å². The first-order valence-electron chi connectivity index (χ1n) is 13.5. The smallest absolute Gasteiger partial charge is 0.387 e. The van der Waals surface area contributed by atoms with Crippen molar-refractivity contribution >= 4 is 0 Å². The van der Waals surface area contributed by atoms with E-state index >= 15 is 0 Å². The Labute approximate surface area is 233 Å². The van der Waals surface area contributed by atoms with E-state index in [0.29, 0.717) is 23.6 Å². The van der Waals surface area contributed by atoms with E-state index in [4.69, 9.17) is 18.5 Å². The summed E-state index contributed by atoms with van der Waals surface area (Å²) >= 11 is 0. The van der Waals surface area contributed by atoms with Gasteiger partial charge in [0.15, 0.2) is 24.0 Å². The molecule has 2 fully saturated rings. The molecule has 2 aliphatic heterocycles. The second kappa shape index (κ2) is 11.4. The Hall–Kier alpha value is -3.58. The number of nitrogens with zero attached hydrogens (tertiary/aromatic N) is 4. The second-order valence-corrected chi connectivity index (χ2v) is 10.4. The molecule has 1 unspecified atom stereocenters. The van der Waals surface area contributed by atoms with Crippen molar-refractivity contribution < 1.29 is 36.8 Å². The van der Waals surface area contributed by atoms with Gasteiger partial charge in [0.1, 0.15) is 5.56 Å². The highest BCUT2D eigenvalue weighted by molar-refractivity contribution is 5.70. The van der Waals surface area contributed by atoms with Gasteiger partial charge in [-0.2, -0.15) is 18.2 Å². The Morgan fingerprint density at radius 1 is 1.00 bits per heavy atom. The summed E-state index contributed by atoms with van der Waals surface area (Å²) in [5.41, 5.74) is -0.207. The average Bonchev–Trinajstić information content (AvgIpc) is 3.61. The highest BCUT2D eigenvalue weighted by Gasteiger charge is 2.43. The molecule has 0 aliphatic carbocycles. The molecule has 9 nitrogen and oxygen atoms in total. The van der Waals surface area contributed by atoms with Crippen LogP contribution in [0.3, 0.4) is 0 Å². The Balaban J connectivity index is 1.13. The van der Waals surface area contributed by atoms with Gasteiger partial charge in [-0.3, -0.25) is 0 Å². The summed E-state index contributed by atoms with van der Waals surface area (Å²) in [5.74, 6) is -0.290. The second-order valence-electron chi connectivity index (χ2n) is 10.4. The minimum Gasteiger partial charge on any atom is -0.387 e. The van der Waals surface area contributed by atoms with Crippen LogP contribution in [0.15, 0.2) is 63.6 Å². The van der Waals surface area contributed by atoms with Gasteiger partial charge in [-0.25, -0.2) is 0 Å². The molecule has 2 aliphatic rings. The Morgan fingerprint density at radius 3 is 2.46 bits per heavy atom. The first-order valence-corrected chi connectivity index (χ1v) is 13.5. The zero-order valence-corrected chi connectivity index (χ0v) is 22.3. The van der Waals surface area contributed by atoms with Crippen LogP contribution in [-0.2, 0) is 15.7 Å². The molecular weight excluding hydrogens is 541 g/mol. The molecule has 4 heterocycles. The monoisotopic (exact) mass is 570 g/mol. The number of aromatic nitrogens is 3. The van der Waals surface area contributed by atoms with Crippen LogP contribution < -0.4 is 0 Å². The fraction of sp³-hybridized carbons (Fsp3) is 0.414. The average molecular weight is 571 g/mol. The van der Waals surface area contributed by atoms with Crippen molar-refractivity contribution in [1.29, 1.82) is 0 Å². The lowest BCUT2D eigenvalue weighted by atomic mass is 9.93.